The maximum absolute atomic E-state index is 4.50. The van der Waals surface area contributed by atoms with Crippen LogP contribution in [0, 0.1) is 0 Å². The first-order valence-electron chi connectivity index (χ1n) is 5.92. The lowest BCUT2D eigenvalue weighted by atomic mass is 10.2. The van der Waals surface area contributed by atoms with Gasteiger partial charge in [0.05, 0.1) is 30.3 Å². The molecular formula is C13H11N5. The third-order valence-electron chi connectivity index (χ3n) is 3.18. The van der Waals surface area contributed by atoms with Gasteiger partial charge in [-0.15, -0.1) is 0 Å². The van der Waals surface area contributed by atoms with Crippen LogP contribution in [0.1, 0.15) is 5.56 Å². The molecule has 0 spiro atoms. The fourth-order valence-electron chi connectivity index (χ4n) is 2.32. The Balaban J connectivity index is 1.89. The van der Waals surface area contributed by atoms with Gasteiger partial charge in [0.15, 0.2) is 5.82 Å². The largest absolute Gasteiger partial charge is 0.315 e. The smallest absolute Gasteiger partial charge is 0.168 e. The van der Waals surface area contributed by atoms with Crippen LogP contribution in [0.4, 0.5) is 5.82 Å². The van der Waals surface area contributed by atoms with Gasteiger partial charge in [-0.25, -0.2) is 9.67 Å². The summed E-state index contributed by atoms with van der Waals surface area (Å²) in [5.74, 6) is 1.85. The van der Waals surface area contributed by atoms with Crippen molar-refractivity contribution in [3.63, 3.8) is 0 Å². The first-order chi connectivity index (χ1) is 8.93. The van der Waals surface area contributed by atoms with Crippen LogP contribution in [0.2, 0.25) is 0 Å². The van der Waals surface area contributed by atoms with Gasteiger partial charge in [0, 0.05) is 6.54 Å². The van der Waals surface area contributed by atoms with Crippen molar-refractivity contribution in [1.29, 1.82) is 0 Å². The summed E-state index contributed by atoms with van der Waals surface area (Å²) in [7, 11) is 0. The number of amidine groups is 1. The summed E-state index contributed by atoms with van der Waals surface area (Å²) in [6.07, 6.45) is 3.69. The van der Waals surface area contributed by atoms with Crippen LogP contribution >= 0.6 is 0 Å². The molecule has 0 N–H and O–H groups in total. The molecule has 0 saturated heterocycles. The summed E-state index contributed by atoms with van der Waals surface area (Å²) in [4.78, 5) is 11.1. The zero-order valence-electron chi connectivity index (χ0n) is 9.69. The zero-order valence-corrected chi connectivity index (χ0v) is 9.69. The van der Waals surface area contributed by atoms with E-state index in [0.29, 0.717) is 0 Å². The Bertz CT molecular complexity index is 653. The second kappa shape index (κ2) is 3.53. The maximum Gasteiger partial charge on any atom is 0.168 e. The van der Waals surface area contributed by atoms with E-state index < -0.39 is 0 Å². The Morgan fingerprint density at radius 2 is 2.00 bits per heavy atom. The minimum absolute atomic E-state index is 0.831. The minimum atomic E-state index is 0.831. The number of para-hydroxylation sites is 1. The van der Waals surface area contributed by atoms with Crippen molar-refractivity contribution in [2.45, 2.75) is 0 Å². The monoisotopic (exact) mass is 237 g/mol. The van der Waals surface area contributed by atoms with E-state index in [2.05, 4.69) is 20.0 Å². The van der Waals surface area contributed by atoms with E-state index in [1.807, 2.05) is 47.5 Å². The van der Waals surface area contributed by atoms with Crippen LogP contribution in [0.25, 0.3) is 5.69 Å². The lowest BCUT2D eigenvalue weighted by Gasteiger charge is -2.18. The number of nitrogens with zero attached hydrogens (tertiary/aromatic N) is 5. The molecule has 0 saturated carbocycles. The SMILES string of the molecule is C1=Nc2c(cnn2-c2ccccc2)C2=NCCN12. The third-order valence-corrected chi connectivity index (χ3v) is 3.18. The molecule has 1 aromatic carbocycles. The van der Waals surface area contributed by atoms with Gasteiger partial charge in [0.1, 0.15) is 5.84 Å². The highest BCUT2D eigenvalue weighted by Gasteiger charge is 2.26. The summed E-state index contributed by atoms with van der Waals surface area (Å²) >= 11 is 0. The van der Waals surface area contributed by atoms with Crippen molar-refractivity contribution >= 4 is 18.0 Å². The van der Waals surface area contributed by atoms with E-state index in [1.165, 1.54) is 0 Å². The first kappa shape index (κ1) is 9.58. The van der Waals surface area contributed by atoms with Gasteiger partial charge in [-0.1, -0.05) is 18.2 Å². The zero-order chi connectivity index (χ0) is 11.9. The number of aliphatic imine (C=N–C) groups is 2. The van der Waals surface area contributed by atoms with Crippen LogP contribution < -0.4 is 0 Å². The average Bonchev–Trinajstić information content (AvgIpc) is 3.05. The molecule has 0 aliphatic carbocycles. The molecule has 0 radical (unpaired) electrons. The quantitative estimate of drug-likeness (QED) is 0.756. The molecule has 5 heteroatoms. The van der Waals surface area contributed by atoms with Gasteiger partial charge >= 0.3 is 0 Å². The topological polar surface area (TPSA) is 45.8 Å². The van der Waals surface area contributed by atoms with Crippen LogP contribution in [-0.2, 0) is 0 Å². The van der Waals surface area contributed by atoms with Gasteiger partial charge in [-0.3, -0.25) is 4.99 Å². The predicted molar refractivity (Wildman–Crippen MR) is 69.8 cm³/mol. The lowest BCUT2D eigenvalue weighted by molar-refractivity contribution is 0.679. The van der Waals surface area contributed by atoms with Gasteiger partial charge in [0.25, 0.3) is 0 Å². The van der Waals surface area contributed by atoms with Crippen molar-refractivity contribution in [3.8, 4) is 5.69 Å². The Kier molecular flexibility index (Phi) is 1.88. The number of hydrogen-bond donors (Lipinski definition) is 0. The van der Waals surface area contributed by atoms with E-state index in [-0.39, 0.29) is 0 Å². The summed E-state index contributed by atoms with van der Waals surface area (Å²) in [5.41, 5.74) is 2.03. The minimum Gasteiger partial charge on any atom is -0.315 e. The summed E-state index contributed by atoms with van der Waals surface area (Å²) in [6, 6.07) is 10.0. The van der Waals surface area contributed by atoms with E-state index >= 15 is 0 Å². The molecule has 3 heterocycles. The number of fused-ring (bicyclic) bond motifs is 3. The number of rotatable bonds is 1. The summed E-state index contributed by atoms with van der Waals surface area (Å²) in [6.45, 7) is 1.74. The highest BCUT2D eigenvalue weighted by Crippen LogP contribution is 2.28. The molecule has 0 amide bonds. The molecule has 2 aromatic rings. The standard InChI is InChI=1S/C13H11N5/c1-2-4-10(5-3-1)18-13-11(8-16-18)12-14-6-7-17(12)9-15-13/h1-5,8-9H,6-7H2. The highest BCUT2D eigenvalue weighted by molar-refractivity contribution is 6.10. The normalized spacial score (nSPS) is 16.4. The Labute approximate surface area is 104 Å². The van der Waals surface area contributed by atoms with Crippen molar-refractivity contribution < 1.29 is 0 Å². The molecule has 18 heavy (non-hydrogen) atoms. The third kappa shape index (κ3) is 1.24. The Morgan fingerprint density at radius 1 is 1.11 bits per heavy atom. The molecule has 0 bridgehead atoms. The predicted octanol–water partition coefficient (Wildman–Crippen LogP) is 1.61. The number of benzene rings is 1. The van der Waals surface area contributed by atoms with Crippen molar-refractivity contribution in [2.24, 2.45) is 9.98 Å². The fraction of sp³-hybridized carbons (Fsp3) is 0.154. The van der Waals surface area contributed by atoms with Crippen LogP contribution in [0.3, 0.4) is 0 Å². The molecule has 0 atom stereocenters. The molecule has 88 valence electrons. The molecule has 2 aliphatic rings. The fourth-order valence-corrected chi connectivity index (χ4v) is 2.32. The van der Waals surface area contributed by atoms with Gasteiger partial charge in [-0.2, -0.15) is 5.10 Å². The van der Waals surface area contributed by atoms with Gasteiger partial charge in [-0.05, 0) is 12.1 Å². The van der Waals surface area contributed by atoms with E-state index in [9.17, 15) is 0 Å². The molecule has 4 rings (SSSR count). The second-order valence-electron chi connectivity index (χ2n) is 4.27. The van der Waals surface area contributed by atoms with Crippen molar-refractivity contribution in [1.82, 2.24) is 14.7 Å². The first-order valence-corrected chi connectivity index (χ1v) is 5.92. The van der Waals surface area contributed by atoms with E-state index in [0.717, 1.165) is 36.0 Å². The number of hydrogen-bond acceptors (Lipinski definition) is 4. The van der Waals surface area contributed by atoms with Crippen LogP contribution in [0.5, 0.6) is 0 Å². The molecule has 0 unspecified atom stereocenters. The Hall–Kier alpha value is -2.43. The molecule has 0 fully saturated rings. The number of aromatic nitrogens is 2. The average molecular weight is 237 g/mol. The highest BCUT2D eigenvalue weighted by atomic mass is 15.4. The van der Waals surface area contributed by atoms with Gasteiger partial charge in [0.2, 0.25) is 0 Å². The summed E-state index contributed by atoms with van der Waals surface area (Å²) in [5, 5.41) is 4.42. The maximum atomic E-state index is 4.50. The van der Waals surface area contributed by atoms with Gasteiger partial charge < -0.3 is 4.90 Å². The molecular weight excluding hydrogens is 226 g/mol. The van der Waals surface area contributed by atoms with Crippen LogP contribution in [-0.4, -0.2) is 39.9 Å². The molecule has 1 aromatic heterocycles. The second-order valence-corrected chi connectivity index (χ2v) is 4.27. The Morgan fingerprint density at radius 3 is 2.89 bits per heavy atom. The lowest BCUT2D eigenvalue weighted by Crippen LogP contribution is -2.29. The van der Waals surface area contributed by atoms with Crippen LogP contribution in [0.15, 0.2) is 46.5 Å². The van der Waals surface area contributed by atoms with E-state index in [1.54, 1.807) is 0 Å². The van der Waals surface area contributed by atoms with Crippen molar-refractivity contribution in [3.05, 3.63) is 42.1 Å². The summed E-state index contributed by atoms with van der Waals surface area (Å²) < 4.78 is 1.85. The van der Waals surface area contributed by atoms with E-state index in [4.69, 9.17) is 0 Å². The molecule has 5 nitrogen and oxygen atoms in total. The molecule has 2 aliphatic heterocycles. The van der Waals surface area contributed by atoms with Crippen molar-refractivity contribution in [2.75, 3.05) is 13.1 Å².